The van der Waals surface area contributed by atoms with Crippen molar-refractivity contribution in [3.05, 3.63) is 0 Å². The standard InChI is InChI=1S/C13H25NO3S/c1-13(12(16)17-2,14-11-5-6-11)7-3-4-9-18-10-8-15/h11,14-15H,3-10H2,1-2H3. The minimum absolute atomic E-state index is 0.155. The van der Waals surface area contributed by atoms with Crippen LogP contribution in [0.15, 0.2) is 0 Å². The van der Waals surface area contributed by atoms with Gasteiger partial charge >= 0.3 is 5.97 Å². The fraction of sp³-hybridized carbons (Fsp3) is 0.923. The summed E-state index contributed by atoms with van der Waals surface area (Å²) in [4.78, 5) is 11.8. The third kappa shape index (κ3) is 5.59. The molecule has 18 heavy (non-hydrogen) atoms. The summed E-state index contributed by atoms with van der Waals surface area (Å²) >= 11 is 1.76. The van der Waals surface area contributed by atoms with Gasteiger partial charge in [0, 0.05) is 11.8 Å². The first kappa shape index (κ1) is 15.8. The van der Waals surface area contributed by atoms with Crippen LogP contribution in [0.3, 0.4) is 0 Å². The van der Waals surface area contributed by atoms with Crippen molar-refractivity contribution < 1.29 is 14.6 Å². The third-order valence-electron chi connectivity index (χ3n) is 3.19. The SMILES string of the molecule is COC(=O)C(C)(CCCCSCCO)NC1CC1. The largest absolute Gasteiger partial charge is 0.468 e. The molecule has 4 nitrogen and oxygen atoms in total. The second-order valence-electron chi connectivity index (χ2n) is 5.04. The number of aliphatic hydroxyl groups excluding tert-OH is 1. The molecule has 1 saturated carbocycles. The van der Waals surface area contributed by atoms with E-state index in [9.17, 15) is 4.79 Å². The average molecular weight is 275 g/mol. The molecular formula is C13H25NO3S. The lowest BCUT2D eigenvalue weighted by atomic mass is 9.95. The maximum absolute atomic E-state index is 11.8. The van der Waals surface area contributed by atoms with Gasteiger partial charge in [0.1, 0.15) is 5.54 Å². The number of esters is 1. The minimum atomic E-state index is -0.530. The highest BCUT2D eigenvalue weighted by Crippen LogP contribution is 2.26. The molecular weight excluding hydrogens is 250 g/mol. The number of nitrogens with one attached hydrogen (secondary N) is 1. The first-order valence-corrected chi connectivity index (χ1v) is 7.82. The summed E-state index contributed by atoms with van der Waals surface area (Å²) in [5.74, 6) is 1.69. The van der Waals surface area contributed by atoms with Crippen LogP contribution in [0.2, 0.25) is 0 Å². The molecule has 1 rings (SSSR count). The fourth-order valence-electron chi connectivity index (χ4n) is 1.99. The summed E-state index contributed by atoms with van der Waals surface area (Å²) in [5.41, 5.74) is -0.530. The summed E-state index contributed by atoms with van der Waals surface area (Å²) in [6, 6.07) is 0.498. The Labute approximate surface area is 114 Å². The van der Waals surface area contributed by atoms with Gasteiger partial charge in [-0.2, -0.15) is 11.8 Å². The highest BCUT2D eigenvalue weighted by Gasteiger charge is 2.38. The molecule has 1 unspecified atom stereocenters. The molecule has 2 N–H and O–H groups in total. The van der Waals surface area contributed by atoms with Crippen LogP contribution < -0.4 is 5.32 Å². The molecule has 0 aromatic carbocycles. The van der Waals surface area contributed by atoms with Crippen LogP contribution in [0.4, 0.5) is 0 Å². The number of carbonyl (C=O) groups is 1. The Morgan fingerprint density at radius 1 is 1.44 bits per heavy atom. The first-order chi connectivity index (χ1) is 8.62. The van der Waals surface area contributed by atoms with Gasteiger partial charge < -0.3 is 9.84 Å². The van der Waals surface area contributed by atoms with Crippen LogP contribution in [-0.2, 0) is 9.53 Å². The summed E-state index contributed by atoms with van der Waals surface area (Å²) in [6.45, 7) is 2.19. The van der Waals surface area contributed by atoms with Crippen molar-refractivity contribution in [2.75, 3.05) is 25.2 Å². The highest BCUT2D eigenvalue weighted by atomic mass is 32.2. The van der Waals surface area contributed by atoms with Crippen LogP contribution in [0.25, 0.3) is 0 Å². The zero-order valence-electron chi connectivity index (χ0n) is 11.4. The molecule has 1 aliphatic rings. The number of thioether (sulfide) groups is 1. The van der Waals surface area contributed by atoms with Crippen LogP contribution in [0, 0.1) is 0 Å². The fourth-order valence-corrected chi connectivity index (χ4v) is 2.73. The van der Waals surface area contributed by atoms with Crippen molar-refractivity contribution in [3.63, 3.8) is 0 Å². The van der Waals surface area contributed by atoms with E-state index in [2.05, 4.69) is 5.32 Å². The van der Waals surface area contributed by atoms with Gasteiger partial charge in [-0.15, -0.1) is 0 Å². The average Bonchev–Trinajstić information content (AvgIpc) is 3.16. The topological polar surface area (TPSA) is 58.6 Å². The highest BCUT2D eigenvalue weighted by molar-refractivity contribution is 7.99. The van der Waals surface area contributed by atoms with Crippen molar-refractivity contribution in [1.82, 2.24) is 5.32 Å². The van der Waals surface area contributed by atoms with Gasteiger partial charge in [-0.1, -0.05) is 6.42 Å². The minimum Gasteiger partial charge on any atom is -0.468 e. The molecule has 0 bridgehead atoms. The molecule has 0 aromatic heterocycles. The Bertz CT molecular complexity index is 259. The lowest BCUT2D eigenvalue weighted by molar-refractivity contribution is -0.148. The van der Waals surface area contributed by atoms with Crippen LogP contribution in [-0.4, -0.2) is 47.9 Å². The molecule has 5 heteroatoms. The van der Waals surface area contributed by atoms with E-state index in [1.165, 1.54) is 20.0 Å². The summed E-state index contributed by atoms with van der Waals surface area (Å²) in [6.07, 6.45) is 5.22. The zero-order valence-corrected chi connectivity index (χ0v) is 12.2. The molecule has 0 amide bonds. The van der Waals surface area contributed by atoms with Crippen molar-refractivity contribution in [3.8, 4) is 0 Å². The van der Waals surface area contributed by atoms with Crippen molar-refractivity contribution in [1.29, 1.82) is 0 Å². The van der Waals surface area contributed by atoms with Gasteiger partial charge in [0.25, 0.3) is 0 Å². The van der Waals surface area contributed by atoms with E-state index in [1.54, 1.807) is 11.8 Å². The van der Waals surface area contributed by atoms with Gasteiger partial charge in [-0.25, -0.2) is 0 Å². The smallest absolute Gasteiger partial charge is 0.325 e. The number of hydrogen-bond donors (Lipinski definition) is 2. The third-order valence-corrected chi connectivity index (χ3v) is 4.24. The molecule has 1 aliphatic carbocycles. The van der Waals surface area contributed by atoms with E-state index in [4.69, 9.17) is 9.84 Å². The molecule has 106 valence electrons. The van der Waals surface area contributed by atoms with Crippen molar-refractivity contribution in [2.24, 2.45) is 0 Å². The number of aliphatic hydroxyl groups is 1. The van der Waals surface area contributed by atoms with Crippen molar-refractivity contribution >= 4 is 17.7 Å². The maximum Gasteiger partial charge on any atom is 0.325 e. The van der Waals surface area contributed by atoms with E-state index in [0.29, 0.717) is 6.04 Å². The van der Waals surface area contributed by atoms with Gasteiger partial charge in [-0.3, -0.25) is 10.1 Å². The maximum atomic E-state index is 11.8. The molecule has 0 heterocycles. The van der Waals surface area contributed by atoms with Crippen LogP contribution in [0.5, 0.6) is 0 Å². The van der Waals surface area contributed by atoms with E-state index in [-0.39, 0.29) is 12.6 Å². The van der Waals surface area contributed by atoms with Crippen LogP contribution >= 0.6 is 11.8 Å². The number of rotatable bonds is 10. The Balaban J connectivity index is 2.25. The molecule has 1 atom stereocenters. The number of unbranched alkanes of at least 4 members (excludes halogenated alkanes) is 1. The lowest BCUT2D eigenvalue weighted by Gasteiger charge is -2.28. The predicted octanol–water partition coefficient (Wildman–Crippen LogP) is 1.57. The summed E-state index contributed by atoms with van der Waals surface area (Å²) in [5, 5.41) is 12.1. The van der Waals surface area contributed by atoms with Gasteiger partial charge in [0.15, 0.2) is 0 Å². The Morgan fingerprint density at radius 3 is 2.72 bits per heavy atom. The number of carbonyl (C=O) groups excluding carboxylic acids is 1. The Morgan fingerprint density at radius 2 is 2.17 bits per heavy atom. The zero-order chi connectivity index (χ0) is 13.4. The molecule has 0 aliphatic heterocycles. The molecule has 1 fully saturated rings. The first-order valence-electron chi connectivity index (χ1n) is 6.67. The monoisotopic (exact) mass is 275 g/mol. The number of hydrogen-bond acceptors (Lipinski definition) is 5. The lowest BCUT2D eigenvalue weighted by Crippen LogP contribution is -2.51. The normalized spacial score (nSPS) is 18.4. The molecule has 0 saturated heterocycles. The van der Waals surface area contributed by atoms with Gasteiger partial charge in [0.05, 0.1) is 13.7 Å². The van der Waals surface area contributed by atoms with E-state index >= 15 is 0 Å². The number of methoxy groups -OCH3 is 1. The Hall–Kier alpha value is -0.260. The van der Waals surface area contributed by atoms with E-state index < -0.39 is 5.54 Å². The molecule has 0 aromatic rings. The van der Waals surface area contributed by atoms with Gasteiger partial charge in [-0.05, 0) is 38.4 Å². The second kappa shape index (κ2) is 8.02. The van der Waals surface area contributed by atoms with E-state index in [1.807, 2.05) is 6.92 Å². The molecule has 0 radical (unpaired) electrons. The van der Waals surface area contributed by atoms with Crippen LogP contribution in [0.1, 0.15) is 39.0 Å². The Kier molecular flexibility index (Phi) is 7.04. The number of ether oxygens (including phenoxy) is 1. The second-order valence-corrected chi connectivity index (χ2v) is 6.26. The predicted molar refractivity (Wildman–Crippen MR) is 74.8 cm³/mol. The summed E-state index contributed by atoms with van der Waals surface area (Å²) in [7, 11) is 1.45. The van der Waals surface area contributed by atoms with Crippen molar-refractivity contribution in [2.45, 2.75) is 50.6 Å². The van der Waals surface area contributed by atoms with Gasteiger partial charge in [0.2, 0.25) is 0 Å². The quantitative estimate of drug-likeness (QED) is 0.468. The summed E-state index contributed by atoms with van der Waals surface area (Å²) < 4.78 is 4.90. The molecule has 0 spiro atoms. The van der Waals surface area contributed by atoms with E-state index in [0.717, 1.165) is 30.8 Å².